The van der Waals surface area contributed by atoms with Crippen molar-refractivity contribution in [3.8, 4) is 0 Å². The first-order valence-electron chi connectivity index (χ1n) is 5.74. The number of hydrogen-bond acceptors (Lipinski definition) is 2. The molecule has 2 heteroatoms. The molecule has 1 heterocycles. The van der Waals surface area contributed by atoms with E-state index in [-0.39, 0.29) is 5.41 Å². The van der Waals surface area contributed by atoms with E-state index in [4.69, 9.17) is 10.2 Å². The highest BCUT2D eigenvalue weighted by molar-refractivity contribution is 5.78. The quantitative estimate of drug-likeness (QED) is 0.838. The van der Waals surface area contributed by atoms with Gasteiger partial charge in [0.2, 0.25) is 0 Å². The maximum absolute atomic E-state index is 5.88. The van der Waals surface area contributed by atoms with Crippen molar-refractivity contribution < 1.29 is 4.42 Å². The summed E-state index contributed by atoms with van der Waals surface area (Å²) in [5.74, 6) is 1.03. The summed E-state index contributed by atoms with van der Waals surface area (Å²) in [7, 11) is 0. The minimum Gasteiger partial charge on any atom is -0.461 e. The zero-order valence-corrected chi connectivity index (χ0v) is 10.2. The van der Waals surface area contributed by atoms with Crippen molar-refractivity contribution in [3.63, 3.8) is 0 Å². The van der Waals surface area contributed by atoms with Crippen molar-refractivity contribution in [2.75, 3.05) is 6.54 Å². The molecule has 0 radical (unpaired) electrons. The molecular weight excluding hydrogens is 198 g/mol. The summed E-state index contributed by atoms with van der Waals surface area (Å²) < 4.78 is 5.88. The van der Waals surface area contributed by atoms with E-state index in [1.807, 2.05) is 0 Å². The molecule has 2 nitrogen and oxygen atoms in total. The van der Waals surface area contributed by atoms with Gasteiger partial charge in [0.1, 0.15) is 11.3 Å². The molecule has 0 bridgehead atoms. The van der Waals surface area contributed by atoms with Gasteiger partial charge in [-0.15, -0.1) is 0 Å². The van der Waals surface area contributed by atoms with Crippen LogP contribution in [-0.4, -0.2) is 6.54 Å². The van der Waals surface area contributed by atoms with Crippen LogP contribution in [0.15, 0.2) is 28.7 Å². The van der Waals surface area contributed by atoms with Crippen LogP contribution < -0.4 is 5.73 Å². The lowest BCUT2D eigenvalue weighted by Gasteiger charge is -2.13. The van der Waals surface area contributed by atoms with Crippen molar-refractivity contribution in [2.24, 2.45) is 5.73 Å². The van der Waals surface area contributed by atoms with Gasteiger partial charge in [-0.1, -0.05) is 32.9 Å². The van der Waals surface area contributed by atoms with E-state index in [1.165, 1.54) is 10.9 Å². The number of fused-ring (bicyclic) bond motifs is 1. The van der Waals surface area contributed by atoms with Crippen LogP contribution in [0, 0.1) is 0 Å². The van der Waals surface area contributed by atoms with E-state index in [2.05, 4.69) is 45.0 Å². The van der Waals surface area contributed by atoms with Gasteiger partial charge < -0.3 is 10.2 Å². The molecule has 2 rings (SSSR count). The Balaban J connectivity index is 2.46. The Morgan fingerprint density at radius 1 is 1.19 bits per heavy atom. The summed E-state index contributed by atoms with van der Waals surface area (Å²) in [6.45, 7) is 7.15. The summed E-state index contributed by atoms with van der Waals surface area (Å²) in [6.07, 6.45) is 0.904. The molecule has 0 saturated carbocycles. The summed E-state index contributed by atoms with van der Waals surface area (Å²) in [4.78, 5) is 0. The Bertz CT molecular complexity index is 491. The Morgan fingerprint density at radius 3 is 2.56 bits per heavy atom. The maximum Gasteiger partial charge on any atom is 0.134 e. The lowest BCUT2D eigenvalue weighted by Crippen LogP contribution is -2.08. The fraction of sp³-hybridized carbons (Fsp3) is 0.429. The summed E-state index contributed by atoms with van der Waals surface area (Å²) in [6, 6.07) is 8.45. The van der Waals surface area contributed by atoms with Crippen LogP contribution >= 0.6 is 0 Å². The highest BCUT2D eigenvalue weighted by Gasteiger charge is 2.18. The lowest BCUT2D eigenvalue weighted by molar-refractivity contribution is 0.430. The monoisotopic (exact) mass is 217 g/mol. The van der Waals surface area contributed by atoms with E-state index in [0.29, 0.717) is 6.54 Å². The molecule has 0 amide bonds. The van der Waals surface area contributed by atoms with Gasteiger partial charge in [0.05, 0.1) is 0 Å². The molecule has 86 valence electrons. The molecular formula is C14H19NO. The van der Waals surface area contributed by atoms with Gasteiger partial charge in [0.25, 0.3) is 0 Å². The summed E-state index contributed by atoms with van der Waals surface area (Å²) in [5, 5.41) is 1.17. The maximum atomic E-state index is 5.88. The molecule has 1 aromatic heterocycles. The van der Waals surface area contributed by atoms with E-state index in [0.717, 1.165) is 17.8 Å². The van der Waals surface area contributed by atoms with Crippen LogP contribution in [0.2, 0.25) is 0 Å². The molecule has 0 spiro atoms. The minimum atomic E-state index is 0.0626. The van der Waals surface area contributed by atoms with Gasteiger partial charge in [-0.25, -0.2) is 0 Å². The SMILES string of the molecule is CC(C)(C)c1cc2ccc(CCN)cc2o1. The Kier molecular flexibility index (Phi) is 2.76. The number of nitrogens with two attached hydrogens (primary N) is 1. The molecule has 0 aliphatic rings. The van der Waals surface area contributed by atoms with Crippen molar-refractivity contribution in [1.82, 2.24) is 0 Å². The smallest absolute Gasteiger partial charge is 0.134 e. The normalized spacial score (nSPS) is 12.2. The van der Waals surface area contributed by atoms with E-state index in [1.54, 1.807) is 0 Å². The predicted octanol–water partition coefficient (Wildman–Crippen LogP) is 3.23. The Morgan fingerprint density at radius 2 is 1.94 bits per heavy atom. The first-order chi connectivity index (χ1) is 7.50. The largest absolute Gasteiger partial charge is 0.461 e. The van der Waals surface area contributed by atoms with Gasteiger partial charge in [0, 0.05) is 10.8 Å². The predicted molar refractivity (Wildman–Crippen MR) is 67.7 cm³/mol. The Labute approximate surface area is 96.4 Å². The average molecular weight is 217 g/mol. The van der Waals surface area contributed by atoms with Crippen molar-refractivity contribution in [1.29, 1.82) is 0 Å². The lowest BCUT2D eigenvalue weighted by atomic mass is 9.93. The number of furan rings is 1. The average Bonchev–Trinajstić information content (AvgIpc) is 2.60. The molecule has 0 unspecified atom stereocenters. The molecule has 0 atom stereocenters. The fourth-order valence-corrected chi connectivity index (χ4v) is 1.77. The topological polar surface area (TPSA) is 39.2 Å². The molecule has 2 aromatic rings. The second kappa shape index (κ2) is 3.95. The first-order valence-corrected chi connectivity index (χ1v) is 5.74. The molecule has 16 heavy (non-hydrogen) atoms. The van der Waals surface area contributed by atoms with Gasteiger partial charge in [-0.05, 0) is 30.7 Å². The van der Waals surface area contributed by atoms with Crippen molar-refractivity contribution in [3.05, 3.63) is 35.6 Å². The van der Waals surface area contributed by atoms with Crippen LogP contribution in [-0.2, 0) is 11.8 Å². The van der Waals surface area contributed by atoms with Crippen molar-refractivity contribution in [2.45, 2.75) is 32.6 Å². The third-order valence-corrected chi connectivity index (χ3v) is 2.76. The second-order valence-electron chi connectivity index (χ2n) is 5.27. The number of rotatable bonds is 2. The van der Waals surface area contributed by atoms with Gasteiger partial charge in [-0.3, -0.25) is 0 Å². The Hall–Kier alpha value is -1.28. The van der Waals surface area contributed by atoms with E-state index >= 15 is 0 Å². The zero-order chi connectivity index (χ0) is 11.8. The standard InChI is InChI=1S/C14H19NO/c1-14(2,3)13-9-11-5-4-10(6-7-15)8-12(11)16-13/h4-5,8-9H,6-7,15H2,1-3H3. The third-order valence-electron chi connectivity index (χ3n) is 2.76. The van der Waals surface area contributed by atoms with Crippen LogP contribution in [0.4, 0.5) is 0 Å². The highest BCUT2D eigenvalue weighted by Crippen LogP contribution is 2.29. The van der Waals surface area contributed by atoms with E-state index in [9.17, 15) is 0 Å². The number of hydrogen-bond donors (Lipinski definition) is 1. The minimum absolute atomic E-state index is 0.0626. The van der Waals surface area contributed by atoms with Gasteiger partial charge >= 0.3 is 0 Å². The molecule has 0 saturated heterocycles. The summed E-state index contributed by atoms with van der Waals surface area (Å²) in [5.41, 5.74) is 7.82. The van der Waals surface area contributed by atoms with E-state index < -0.39 is 0 Å². The summed E-state index contributed by atoms with van der Waals surface area (Å²) >= 11 is 0. The van der Waals surface area contributed by atoms with Crippen molar-refractivity contribution >= 4 is 11.0 Å². The fourth-order valence-electron chi connectivity index (χ4n) is 1.77. The van der Waals surface area contributed by atoms with Crippen LogP contribution in [0.5, 0.6) is 0 Å². The molecule has 1 aromatic carbocycles. The first kappa shape index (κ1) is 11.2. The number of benzene rings is 1. The van der Waals surface area contributed by atoms with Crippen LogP contribution in [0.3, 0.4) is 0 Å². The highest BCUT2D eigenvalue weighted by atomic mass is 16.3. The van der Waals surface area contributed by atoms with Crippen LogP contribution in [0.25, 0.3) is 11.0 Å². The second-order valence-corrected chi connectivity index (χ2v) is 5.27. The van der Waals surface area contributed by atoms with Gasteiger partial charge in [0.15, 0.2) is 0 Å². The molecule has 0 aliphatic carbocycles. The molecule has 2 N–H and O–H groups in total. The molecule has 0 aliphatic heterocycles. The van der Waals surface area contributed by atoms with Gasteiger partial charge in [-0.2, -0.15) is 0 Å². The zero-order valence-electron chi connectivity index (χ0n) is 10.2. The van der Waals surface area contributed by atoms with Crippen LogP contribution in [0.1, 0.15) is 32.1 Å². The molecule has 0 fully saturated rings. The third kappa shape index (κ3) is 2.12.